The maximum Gasteiger partial charge on any atom is 0.346 e. The first-order valence-corrected chi connectivity index (χ1v) is 9.75. The average molecular weight is 419 g/mol. The normalized spacial score (nSPS) is 15.9. The maximum absolute atomic E-state index is 14.1. The molecule has 1 N–H and O–H groups in total. The van der Waals surface area contributed by atoms with E-state index in [9.17, 15) is 14.0 Å². The second kappa shape index (κ2) is 7.87. The molecule has 0 spiro atoms. The quantitative estimate of drug-likeness (QED) is 0.690. The summed E-state index contributed by atoms with van der Waals surface area (Å²) in [6.07, 6.45) is 1.26. The monoisotopic (exact) mass is 418 g/mol. The Balaban J connectivity index is 1.56. The number of hydrogen-bond acceptors (Lipinski definition) is 4. The summed E-state index contributed by atoms with van der Waals surface area (Å²) >= 11 is 6.08. The third-order valence-corrected chi connectivity index (χ3v) is 5.41. The van der Waals surface area contributed by atoms with Crippen molar-refractivity contribution >= 4 is 17.5 Å². The molecule has 0 aliphatic carbocycles. The molecule has 2 aromatic heterocycles. The molecule has 1 unspecified atom stereocenters. The highest BCUT2D eigenvalue weighted by molar-refractivity contribution is 6.31. The molecular formula is C20H20ClFN4O3. The third-order valence-electron chi connectivity index (χ3n) is 5.06. The fraction of sp³-hybridized carbons (Fsp3) is 0.350. The van der Waals surface area contributed by atoms with E-state index in [1.54, 1.807) is 12.1 Å². The molecule has 1 aliphatic rings. The summed E-state index contributed by atoms with van der Waals surface area (Å²) in [6.45, 7) is 2.48. The first-order chi connectivity index (χ1) is 13.9. The number of benzene rings is 1. The van der Waals surface area contributed by atoms with E-state index in [0.717, 1.165) is 5.76 Å². The van der Waals surface area contributed by atoms with E-state index in [-0.39, 0.29) is 35.3 Å². The van der Waals surface area contributed by atoms with Crippen LogP contribution in [0.15, 0.2) is 39.5 Å². The van der Waals surface area contributed by atoms with Crippen molar-refractivity contribution in [1.29, 1.82) is 0 Å². The summed E-state index contributed by atoms with van der Waals surface area (Å²) in [5.41, 5.74) is -0.181. The topological polar surface area (TPSA) is 82.1 Å². The minimum absolute atomic E-state index is 0.0929. The van der Waals surface area contributed by atoms with Crippen LogP contribution < -0.4 is 11.0 Å². The first-order valence-electron chi connectivity index (χ1n) is 9.37. The van der Waals surface area contributed by atoms with Crippen molar-refractivity contribution in [3.63, 3.8) is 0 Å². The second-order valence-electron chi connectivity index (χ2n) is 7.08. The van der Waals surface area contributed by atoms with Crippen LogP contribution in [0.1, 0.15) is 41.7 Å². The van der Waals surface area contributed by atoms with E-state index in [0.29, 0.717) is 31.0 Å². The highest BCUT2D eigenvalue weighted by atomic mass is 35.5. The predicted octanol–water partition coefficient (Wildman–Crippen LogP) is 2.98. The molecule has 29 heavy (non-hydrogen) atoms. The number of carbonyl (C=O) groups is 1. The molecule has 0 saturated carbocycles. The van der Waals surface area contributed by atoms with Gasteiger partial charge in [-0.05, 0) is 44.0 Å². The van der Waals surface area contributed by atoms with Crippen LogP contribution in [0.3, 0.4) is 0 Å². The lowest BCUT2D eigenvalue weighted by Crippen LogP contribution is -2.35. The van der Waals surface area contributed by atoms with Crippen LogP contribution in [0.4, 0.5) is 4.39 Å². The van der Waals surface area contributed by atoms with E-state index < -0.39 is 11.7 Å². The van der Waals surface area contributed by atoms with Gasteiger partial charge < -0.3 is 9.73 Å². The Hall–Kier alpha value is -2.87. The number of rotatable bonds is 5. The summed E-state index contributed by atoms with van der Waals surface area (Å²) in [7, 11) is 0. The minimum atomic E-state index is -0.551. The van der Waals surface area contributed by atoms with Gasteiger partial charge in [0.15, 0.2) is 0 Å². The van der Waals surface area contributed by atoms with Gasteiger partial charge in [-0.15, -0.1) is 0 Å². The largest absolute Gasteiger partial charge is 0.465 e. The second-order valence-corrected chi connectivity index (χ2v) is 7.48. The van der Waals surface area contributed by atoms with E-state index in [4.69, 9.17) is 16.0 Å². The Bertz CT molecular complexity index is 1100. The number of amides is 1. The smallest absolute Gasteiger partial charge is 0.346 e. The third kappa shape index (κ3) is 3.85. The number of aromatic nitrogens is 3. The number of fused-ring (bicyclic) bond motifs is 1. The zero-order valence-corrected chi connectivity index (χ0v) is 16.6. The number of furan rings is 1. The van der Waals surface area contributed by atoms with Gasteiger partial charge in [0.1, 0.15) is 23.2 Å². The van der Waals surface area contributed by atoms with Crippen molar-refractivity contribution in [2.24, 2.45) is 0 Å². The molecule has 1 aliphatic heterocycles. The van der Waals surface area contributed by atoms with E-state index in [1.807, 2.05) is 13.0 Å². The number of halogens is 2. The summed E-state index contributed by atoms with van der Waals surface area (Å²) in [5.74, 6) is 0.543. The van der Waals surface area contributed by atoms with Gasteiger partial charge in [0.05, 0.1) is 19.0 Å². The molecule has 1 atom stereocenters. The van der Waals surface area contributed by atoms with Crippen LogP contribution in [0.25, 0.3) is 0 Å². The van der Waals surface area contributed by atoms with Gasteiger partial charge in [-0.2, -0.15) is 5.10 Å². The summed E-state index contributed by atoms with van der Waals surface area (Å²) < 4.78 is 22.2. The minimum Gasteiger partial charge on any atom is -0.465 e. The van der Waals surface area contributed by atoms with Crippen molar-refractivity contribution in [1.82, 2.24) is 19.7 Å². The van der Waals surface area contributed by atoms with E-state index in [2.05, 4.69) is 10.4 Å². The van der Waals surface area contributed by atoms with Gasteiger partial charge >= 0.3 is 5.69 Å². The van der Waals surface area contributed by atoms with Crippen molar-refractivity contribution in [3.8, 4) is 0 Å². The summed E-state index contributed by atoms with van der Waals surface area (Å²) in [5, 5.41) is 7.42. The number of nitrogens with one attached hydrogen (secondary N) is 1. The highest BCUT2D eigenvalue weighted by Gasteiger charge is 2.31. The zero-order chi connectivity index (χ0) is 20.5. The van der Waals surface area contributed by atoms with Gasteiger partial charge in [0.25, 0.3) is 0 Å². The molecule has 0 fully saturated rings. The lowest BCUT2D eigenvalue weighted by atomic mass is 9.98. The summed E-state index contributed by atoms with van der Waals surface area (Å²) in [6, 6.07) is 7.99. The van der Waals surface area contributed by atoms with Crippen LogP contribution >= 0.6 is 11.6 Å². The molecule has 7 nitrogen and oxygen atoms in total. The van der Waals surface area contributed by atoms with Gasteiger partial charge in [0, 0.05) is 17.1 Å². The van der Waals surface area contributed by atoms with Crippen LogP contribution in [-0.4, -0.2) is 20.3 Å². The number of hydrogen-bond donors (Lipinski definition) is 1. The lowest BCUT2D eigenvalue weighted by Gasteiger charge is -2.20. The molecule has 1 aromatic carbocycles. The Morgan fingerprint density at radius 2 is 2.21 bits per heavy atom. The molecule has 9 heteroatoms. The molecule has 3 heterocycles. The molecule has 0 radical (unpaired) electrons. The Labute approximate surface area is 171 Å². The Morgan fingerprint density at radius 1 is 1.38 bits per heavy atom. The van der Waals surface area contributed by atoms with Gasteiger partial charge in [0.2, 0.25) is 5.91 Å². The molecule has 3 aromatic rings. The molecule has 152 valence electrons. The average Bonchev–Trinajstić information content (AvgIpc) is 3.26. The molecule has 0 bridgehead atoms. The molecular weight excluding hydrogens is 399 g/mol. The highest BCUT2D eigenvalue weighted by Crippen LogP contribution is 2.25. The van der Waals surface area contributed by atoms with Gasteiger partial charge in [-0.1, -0.05) is 17.7 Å². The zero-order valence-electron chi connectivity index (χ0n) is 15.8. The van der Waals surface area contributed by atoms with Crippen molar-refractivity contribution < 1.29 is 13.6 Å². The van der Waals surface area contributed by atoms with Gasteiger partial charge in [-0.3, -0.25) is 9.36 Å². The van der Waals surface area contributed by atoms with Crippen LogP contribution in [0.5, 0.6) is 0 Å². The standard InChI is InChI=1S/C20H20ClFN4O3/c1-12-7-8-13(29-12)10-23-19(27)14-4-3-9-25-18(14)24-26(20(25)28)11-15-16(21)5-2-6-17(15)22/h2,5-8,14H,3-4,9-11H2,1H3,(H,23,27). The summed E-state index contributed by atoms with van der Waals surface area (Å²) in [4.78, 5) is 25.5. The molecule has 0 saturated heterocycles. The Kier molecular flexibility index (Phi) is 5.27. The lowest BCUT2D eigenvalue weighted by molar-refractivity contribution is -0.123. The number of carbonyl (C=O) groups excluding carboxylic acids is 1. The Morgan fingerprint density at radius 3 is 2.93 bits per heavy atom. The molecule has 1 amide bonds. The van der Waals surface area contributed by atoms with Crippen LogP contribution in [0.2, 0.25) is 5.02 Å². The van der Waals surface area contributed by atoms with Crippen molar-refractivity contribution in [3.05, 3.63) is 74.6 Å². The van der Waals surface area contributed by atoms with Gasteiger partial charge in [-0.25, -0.2) is 13.9 Å². The fourth-order valence-corrected chi connectivity index (χ4v) is 3.79. The van der Waals surface area contributed by atoms with Crippen LogP contribution in [0, 0.1) is 12.7 Å². The van der Waals surface area contributed by atoms with Crippen LogP contribution in [-0.2, 0) is 24.4 Å². The number of aryl methyl sites for hydroxylation is 1. The number of nitrogens with zero attached hydrogens (tertiary/aromatic N) is 3. The van der Waals surface area contributed by atoms with Crippen molar-refractivity contribution in [2.75, 3.05) is 0 Å². The molecule has 4 rings (SSSR count). The first kappa shape index (κ1) is 19.4. The predicted molar refractivity (Wildman–Crippen MR) is 104 cm³/mol. The van der Waals surface area contributed by atoms with E-state index in [1.165, 1.54) is 21.4 Å². The van der Waals surface area contributed by atoms with E-state index >= 15 is 0 Å². The maximum atomic E-state index is 14.1. The van der Waals surface area contributed by atoms with Crippen molar-refractivity contribution in [2.45, 2.75) is 45.3 Å². The fourth-order valence-electron chi connectivity index (χ4n) is 3.57. The SMILES string of the molecule is Cc1ccc(CNC(=O)C2CCCn3c2nn(Cc2c(F)cccc2Cl)c3=O)o1.